The van der Waals surface area contributed by atoms with E-state index in [0.717, 1.165) is 36.4 Å². The maximum absolute atomic E-state index is 12.8. The summed E-state index contributed by atoms with van der Waals surface area (Å²) in [6.07, 6.45) is 2.05. The molecule has 0 bridgehead atoms. The molecule has 0 N–H and O–H groups in total. The lowest BCUT2D eigenvalue weighted by molar-refractivity contribution is 0.0352. The maximum atomic E-state index is 12.8. The number of hydrogen-bond acceptors (Lipinski definition) is 4. The van der Waals surface area contributed by atoms with Crippen molar-refractivity contribution in [3.8, 4) is 16.2 Å². The molecule has 1 aromatic carbocycles. The molecule has 2 heterocycles. The van der Waals surface area contributed by atoms with Crippen molar-refractivity contribution in [2.45, 2.75) is 18.9 Å². The lowest BCUT2D eigenvalue weighted by Crippen LogP contribution is -2.40. The van der Waals surface area contributed by atoms with Crippen LogP contribution in [-0.2, 0) is 4.74 Å². The molecule has 23 heavy (non-hydrogen) atoms. The first kappa shape index (κ1) is 16.0. The summed E-state index contributed by atoms with van der Waals surface area (Å²) in [7, 11) is 3.35. The summed E-state index contributed by atoms with van der Waals surface area (Å²) in [5.74, 6) is 0.719. The largest absolute Gasteiger partial charge is 0.495 e. The number of nitrogens with zero attached hydrogens (tertiary/aromatic N) is 1. The van der Waals surface area contributed by atoms with Crippen LogP contribution in [0.2, 0.25) is 0 Å². The Hall–Kier alpha value is -1.85. The summed E-state index contributed by atoms with van der Waals surface area (Å²) < 4.78 is 10.8. The molecule has 0 atom stereocenters. The highest BCUT2D eigenvalue weighted by atomic mass is 32.1. The van der Waals surface area contributed by atoms with Crippen molar-refractivity contribution in [2.24, 2.45) is 0 Å². The molecular weight excluding hydrogens is 310 g/mol. The number of rotatable bonds is 4. The number of piperidine rings is 1. The number of hydrogen-bond donors (Lipinski definition) is 0. The van der Waals surface area contributed by atoms with Crippen LogP contribution >= 0.6 is 11.3 Å². The van der Waals surface area contributed by atoms with Crippen molar-refractivity contribution < 1.29 is 14.3 Å². The van der Waals surface area contributed by atoms with Gasteiger partial charge in [-0.2, -0.15) is 0 Å². The van der Waals surface area contributed by atoms with Crippen LogP contribution in [0.3, 0.4) is 0 Å². The number of carbonyl (C=O) groups excluding carboxylic acids is 1. The standard InChI is InChI=1S/C18H21NO3S/c1-21-14-8-10-19(11-9-14)18(20)17-15(22-2)12-16(23-17)13-6-4-3-5-7-13/h3-7,12,14H,8-11H2,1-2H3. The first-order chi connectivity index (χ1) is 11.2. The Morgan fingerprint density at radius 1 is 1.17 bits per heavy atom. The molecule has 1 fully saturated rings. The molecule has 1 aromatic heterocycles. The quantitative estimate of drug-likeness (QED) is 0.858. The molecular formula is C18H21NO3S. The zero-order valence-electron chi connectivity index (χ0n) is 13.5. The van der Waals surface area contributed by atoms with E-state index in [4.69, 9.17) is 9.47 Å². The highest BCUT2D eigenvalue weighted by molar-refractivity contribution is 7.17. The first-order valence-electron chi connectivity index (χ1n) is 7.78. The monoisotopic (exact) mass is 331 g/mol. The molecule has 0 aliphatic carbocycles. The van der Waals surface area contributed by atoms with Crippen LogP contribution in [0.25, 0.3) is 10.4 Å². The molecule has 2 aromatic rings. The molecule has 3 rings (SSSR count). The van der Waals surface area contributed by atoms with E-state index in [1.54, 1.807) is 14.2 Å². The van der Waals surface area contributed by atoms with Crippen LogP contribution < -0.4 is 4.74 Å². The maximum Gasteiger partial charge on any atom is 0.267 e. The third-order valence-corrected chi connectivity index (χ3v) is 5.39. The van der Waals surface area contributed by atoms with Crippen LogP contribution in [0.5, 0.6) is 5.75 Å². The second-order valence-corrected chi connectivity index (χ2v) is 6.65. The second kappa shape index (κ2) is 7.15. The number of amides is 1. The van der Waals surface area contributed by atoms with E-state index in [0.29, 0.717) is 10.6 Å². The molecule has 122 valence electrons. The number of benzene rings is 1. The number of methoxy groups -OCH3 is 2. The van der Waals surface area contributed by atoms with E-state index in [9.17, 15) is 4.79 Å². The van der Waals surface area contributed by atoms with Crippen molar-refractivity contribution in [2.75, 3.05) is 27.3 Å². The molecule has 1 saturated heterocycles. The fourth-order valence-corrected chi connectivity index (χ4v) is 3.96. The van der Waals surface area contributed by atoms with E-state index < -0.39 is 0 Å². The number of likely N-dealkylation sites (tertiary alicyclic amines) is 1. The minimum absolute atomic E-state index is 0.0589. The van der Waals surface area contributed by atoms with E-state index in [2.05, 4.69) is 0 Å². The SMILES string of the molecule is COc1cc(-c2ccccc2)sc1C(=O)N1CCC(OC)CC1. The van der Waals surface area contributed by atoms with Crippen LogP contribution in [0.15, 0.2) is 36.4 Å². The van der Waals surface area contributed by atoms with Gasteiger partial charge in [-0.25, -0.2) is 0 Å². The van der Waals surface area contributed by atoms with E-state index in [1.807, 2.05) is 41.3 Å². The second-order valence-electron chi connectivity index (χ2n) is 5.60. The third kappa shape index (κ3) is 3.41. The Labute approximate surface area is 140 Å². The zero-order valence-corrected chi connectivity index (χ0v) is 14.3. The molecule has 5 heteroatoms. The molecule has 1 aliphatic heterocycles. The van der Waals surface area contributed by atoms with E-state index in [-0.39, 0.29) is 12.0 Å². The van der Waals surface area contributed by atoms with Crippen LogP contribution in [0, 0.1) is 0 Å². The molecule has 0 unspecified atom stereocenters. The number of carbonyl (C=O) groups is 1. The van der Waals surface area contributed by atoms with Gasteiger partial charge in [-0.15, -0.1) is 11.3 Å². The summed E-state index contributed by atoms with van der Waals surface area (Å²) in [5, 5.41) is 0. The predicted octanol–water partition coefficient (Wildman–Crippen LogP) is 3.67. The fraction of sp³-hybridized carbons (Fsp3) is 0.389. The van der Waals surface area contributed by atoms with Crippen LogP contribution in [0.1, 0.15) is 22.5 Å². The molecule has 4 nitrogen and oxygen atoms in total. The summed E-state index contributed by atoms with van der Waals surface area (Å²) in [4.78, 5) is 16.5. The van der Waals surface area contributed by atoms with Crippen molar-refractivity contribution in [3.05, 3.63) is 41.3 Å². The van der Waals surface area contributed by atoms with Gasteiger partial charge in [0, 0.05) is 25.1 Å². The Kier molecular flexibility index (Phi) is 4.98. The van der Waals surface area contributed by atoms with Gasteiger partial charge in [0.15, 0.2) is 0 Å². The average molecular weight is 331 g/mol. The van der Waals surface area contributed by atoms with Gasteiger partial charge in [0.2, 0.25) is 0 Å². The fourth-order valence-electron chi connectivity index (χ4n) is 2.86. The van der Waals surface area contributed by atoms with Gasteiger partial charge in [-0.1, -0.05) is 30.3 Å². The normalized spacial score (nSPS) is 15.7. The molecule has 1 aliphatic rings. The van der Waals surface area contributed by atoms with Gasteiger partial charge in [0.1, 0.15) is 10.6 Å². The Morgan fingerprint density at radius 3 is 2.48 bits per heavy atom. The Morgan fingerprint density at radius 2 is 1.87 bits per heavy atom. The van der Waals surface area contributed by atoms with E-state index >= 15 is 0 Å². The summed E-state index contributed by atoms with van der Waals surface area (Å²) in [6.45, 7) is 1.47. The van der Waals surface area contributed by atoms with Gasteiger partial charge in [0.05, 0.1) is 13.2 Å². The molecule has 0 saturated carbocycles. The Balaban J connectivity index is 1.82. The van der Waals surface area contributed by atoms with Gasteiger partial charge < -0.3 is 14.4 Å². The highest BCUT2D eigenvalue weighted by Crippen LogP contribution is 2.37. The van der Waals surface area contributed by atoms with Crippen molar-refractivity contribution >= 4 is 17.2 Å². The topological polar surface area (TPSA) is 38.8 Å². The minimum atomic E-state index is 0.0589. The van der Waals surface area contributed by atoms with Crippen LogP contribution in [-0.4, -0.2) is 44.2 Å². The summed E-state index contributed by atoms with van der Waals surface area (Å²) in [6, 6.07) is 12.0. The lowest BCUT2D eigenvalue weighted by Gasteiger charge is -2.31. The highest BCUT2D eigenvalue weighted by Gasteiger charge is 2.27. The van der Waals surface area contributed by atoms with Gasteiger partial charge in [-0.05, 0) is 24.5 Å². The number of thiophene rings is 1. The van der Waals surface area contributed by atoms with Crippen molar-refractivity contribution in [3.63, 3.8) is 0 Å². The average Bonchev–Trinajstić information content (AvgIpc) is 3.06. The smallest absolute Gasteiger partial charge is 0.267 e. The van der Waals surface area contributed by atoms with Crippen LogP contribution in [0.4, 0.5) is 0 Å². The lowest BCUT2D eigenvalue weighted by atomic mass is 10.1. The van der Waals surface area contributed by atoms with Crippen molar-refractivity contribution in [1.82, 2.24) is 4.90 Å². The summed E-state index contributed by atoms with van der Waals surface area (Å²) in [5.41, 5.74) is 1.10. The Bertz CT molecular complexity index is 660. The minimum Gasteiger partial charge on any atom is -0.495 e. The van der Waals surface area contributed by atoms with Gasteiger partial charge in [-0.3, -0.25) is 4.79 Å². The van der Waals surface area contributed by atoms with Crippen molar-refractivity contribution in [1.29, 1.82) is 0 Å². The third-order valence-electron chi connectivity index (χ3n) is 4.23. The number of ether oxygens (including phenoxy) is 2. The summed E-state index contributed by atoms with van der Waals surface area (Å²) >= 11 is 1.50. The van der Waals surface area contributed by atoms with E-state index in [1.165, 1.54) is 11.3 Å². The van der Waals surface area contributed by atoms with Gasteiger partial charge in [0.25, 0.3) is 5.91 Å². The predicted molar refractivity (Wildman–Crippen MR) is 92.2 cm³/mol. The molecule has 0 radical (unpaired) electrons. The first-order valence-corrected chi connectivity index (χ1v) is 8.60. The van der Waals surface area contributed by atoms with Gasteiger partial charge >= 0.3 is 0 Å². The molecule has 1 amide bonds. The zero-order chi connectivity index (χ0) is 16.2. The molecule has 0 spiro atoms.